The lowest BCUT2D eigenvalue weighted by Crippen LogP contribution is -2.25. The number of carbonyl (C=O) groups excluding carboxylic acids is 2. The molecule has 0 aliphatic heterocycles. The van der Waals surface area contributed by atoms with Gasteiger partial charge in [-0.3, -0.25) is 0 Å². The van der Waals surface area contributed by atoms with Crippen LogP contribution in [0.3, 0.4) is 0 Å². The maximum Gasteiger partial charge on any atom is 0.338 e. The van der Waals surface area contributed by atoms with Crippen LogP contribution in [0.25, 0.3) is 5.57 Å². The summed E-state index contributed by atoms with van der Waals surface area (Å²) >= 11 is 1.62. The van der Waals surface area contributed by atoms with Gasteiger partial charge in [0.15, 0.2) is 0 Å². The molecule has 160 valence electrons. The fourth-order valence-electron chi connectivity index (χ4n) is 4.02. The fraction of sp³-hybridized carbons (Fsp3) is 0.583. The summed E-state index contributed by atoms with van der Waals surface area (Å²) in [6, 6.07) is 0. The number of hydrogen-bond donors (Lipinski definition) is 0. The van der Waals surface area contributed by atoms with Crippen LogP contribution in [0.5, 0.6) is 0 Å². The smallest absolute Gasteiger partial charge is 0.338 e. The van der Waals surface area contributed by atoms with E-state index in [9.17, 15) is 9.59 Å². The van der Waals surface area contributed by atoms with Crippen LogP contribution in [0, 0.1) is 18.8 Å². The van der Waals surface area contributed by atoms with E-state index < -0.39 is 5.60 Å². The Morgan fingerprint density at radius 1 is 1.24 bits per heavy atom. The van der Waals surface area contributed by atoms with Gasteiger partial charge in [-0.2, -0.15) is 0 Å². The zero-order chi connectivity index (χ0) is 21.8. The maximum atomic E-state index is 12.2. The summed E-state index contributed by atoms with van der Waals surface area (Å²) in [7, 11) is 1.42. The molecule has 1 aliphatic carbocycles. The predicted octanol–water partition coefficient (Wildman–Crippen LogP) is 6.34. The number of allylic oxidation sites excluding steroid dienone is 2. The first-order valence-electron chi connectivity index (χ1n) is 10.3. The second-order valence-corrected chi connectivity index (χ2v) is 9.75. The third kappa shape index (κ3) is 6.05. The summed E-state index contributed by atoms with van der Waals surface area (Å²) < 4.78 is 10.3. The van der Waals surface area contributed by atoms with Crippen molar-refractivity contribution in [2.24, 2.45) is 11.8 Å². The number of esters is 2. The first-order valence-corrected chi connectivity index (χ1v) is 11.2. The molecule has 5 heteroatoms. The predicted molar refractivity (Wildman–Crippen MR) is 119 cm³/mol. The minimum absolute atomic E-state index is 0.273. The molecule has 2 rings (SSSR count). The first kappa shape index (κ1) is 23.4. The molecule has 0 amide bonds. The Morgan fingerprint density at radius 2 is 1.86 bits per heavy atom. The maximum absolute atomic E-state index is 12.2. The van der Waals surface area contributed by atoms with Crippen LogP contribution in [0.2, 0.25) is 0 Å². The standard InChI is InChI=1S/C24H34O4S/c1-8-19(21-16(3)20(14-29-21)23(26)27-7)18-11-9-17(10-12-18)13-15(2)22(25)28-24(4,5)6/h8,14,17-18H,2,9-13H2,1,3-7H3/b19-8+. The van der Waals surface area contributed by atoms with Crippen LogP contribution in [0.1, 0.15) is 80.6 Å². The molecule has 0 saturated heterocycles. The molecule has 1 fully saturated rings. The van der Waals surface area contributed by atoms with Gasteiger partial charge >= 0.3 is 11.9 Å². The largest absolute Gasteiger partial charge is 0.465 e. The summed E-state index contributed by atoms with van der Waals surface area (Å²) in [6.45, 7) is 13.7. The van der Waals surface area contributed by atoms with E-state index in [4.69, 9.17) is 9.47 Å². The third-order valence-electron chi connectivity index (χ3n) is 5.53. The molecule has 1 saturated carbocycles. The van der Waals surface area contributed by atoms with E-state index in [0.717, 1.165) is 31.2 Å². The molecule has 0 unspecified atom stereocenters. The molecule has 1 aromatic heterocycles. The lowest BCUT2D eigenvalue weighted by Gasteiger charge is -2.31. The molecular formula is C24H34O4S. The van der Waals surface area contributed by atoms with E-state index >= 15 is 0 Å². The zero-order valence-electron chi connectivity index (χ0n) is 18.6. The van der Waals surface area contributed by atoms with Gasteiger partial charge < -0.3 is 9.47 Å². The lowest BCUT2D eigenvalue weighted by molar-refractivity contribution is -0.150. The van der Waals surface area contributed by atoms with E-state index in [1.165, 1.54) is 17.6 Å². The molecule has 0 radical (unpaired) electrons. The van der Waals surface area contributed by atoms with Crippen molar-refractivity contribution in [3.8, 4) is 0 Å². The normalized spacial score (nSPS) is 20.3. The highest BCUT2D eigenvalue weighted by molar-refractivity contribution is 7.11. The molecule has 29 heavy (non-hydrogen) atoms. The van der Waals surface area contributed by atoms with Gasteiger partial charge in [-0.05, 0) is 89.7 Å². The Hall–Kier alpha value is -1.88. The molecule has 1 aromatic rings. The van der Waals surface area contributed by atoms with Gasteiger partial charge in [0.05, 0.1) is 12.7 Å². The van der Waals surface area contributed by atoms with Crippen molar-refractivity contribution in [3.05, 3.63) is 39.6 Å². The molecule has 4 nitrogen and oxygen atoms in total. The molecule has 0 spiro atoms. The van der Waals surface area contributed by atoms with E-state index in [0.29, 0.717) is 29.4 Å². The van der Waals surface area contributed by atoms with Gasteiger partial charge in [0.25, 0.3) is 0 Å². The topological polar surface area (TPSA) is 52.6 Å². The molecule has 0 atom stereocenters. The summed E-state index contributed by atoms with van der Waals surface area (Å²) in [5, 5.41) is 1.90. The molecule has 0 aromatic carbocycles. The highest BCUT2D eigenvalue weighted by Gasteiger charge is 2.28. The number of rotatable bonds is 6. The molecule has 0 N–H and O–H groups in total. The van der Waals surface area contributed by atoms with Crippen molar-refractivity contribution in [2.45, 2.75) is 72.3 Å². The van der Waals surface area contributed by atoms with Crippen molar-refractivity contribution < 1.29 is 19.1 Å². The Bertz CT molecular complexity index is 786. The van der Waals surface area contributed by atoms with Crippen molar-refractivity contribution in [1.29, 1.82) is 0 Å². The molecule has 0 bridgehead atoms. The van der Waals surface area contributed by atoms with Crippen molar-refractivity contribution in [1.82, 2.24) is 0 Å². The fourth-order valence-corrected chi connectivity index (χ4v) is 5.24. The van der Waals surface area contributed by atoms with Crippen LogP contribution in [-0.4, -0.2) is 24.6 Å². The van der Waals surface area contributed by atoms with Crippen molar-refractivity contribution in [3.63, 3.8) is 0 Å². The minimum atomic E-state index is -0.486. The summed E-state index contributed by atoms with van der Waals surface area (Å²) in [5.74, 6) is 0.399. The van der Waals surface area contributed by atoms with E-state index in [1.807, 2.05) is 33.1 Å². The average Bonchev–Trinajstić information content (AvgIpc) is 3.03. The zero-order valence-corrected chi connectivity index (χ0v) is 19.4. The van der Waals surface area contributed by atoms with Gasteiger partial charge in [0, 0.05) is 15.8 Å². The van der Waals surface area contributed by atoms with Gasteiger partial charge in [0.1, 0.15) is 5.60 Å². The molecular weight excluding hydrogens is 384 g/mol. The summed E-state index contributed by atoms with van der Waals surface area (Å²) in [4.78, 5) is 25.3. The van der Waals surface area contributed by atoms with Crippen molar-refractivity contribution >= 4 is 28.8 Å². The van der Waals surface area contributed by atoms with E-state index in [1.54, 1.807) is 11.3 Å². The SMILES string of the molecule is C=C(CC1CCC(/C(=C\C)c2scc(C(=O)OC)c2C)CC1)C(=O)OC(C)(C)C. The second-order valence-electron chi connectivity index (χ2n) is 8.87. The quantitative estimate of drug-likeness (QED) is 0.399. The van der Waals surface area contributed by atoms with Gasteiger partial charge in [-0.15, -0.1) is 11.3 Å². The minimum Gasteiger partial charge on any atom is -0.465 e. The van der Waals surface area contributed by atoms with Crippen molar-refractivity contribution in [2.75, 3.05) is 7.11 Å². The number of thiophene rings is 1. The molecule has 1 heterocycles. The molecule has 1 aliphatic rings. The van der Waals surface area contributed by atoms with E-state index in [-0.39, 0.29) is 11.9 Å². The highest BCUT2D eigenvalue weighted by atomic mass is 32.1. The summed E-state index contributed by atoms with van der Waals surface area (Å²) in [5.41, 5.74) is 3.09. The highest BCUT2D eigenvalue weighted by Crippen LogP contribution is 2.42. The van der Waals surface area contributed by atoms with Crippen LogP contribution < -0.4 is 0 Å². The van der Waals surface area contributed by atoms with Gasteiger partial charge in [-0.25, -0.2) is 9.59 Å². The number of methoxy groups -OCH3 is 1. The Morgan fingerprint density at radius 3 is 2.38 bits per heavy atom. The Labute approximate surface area is 179 Å². The number of carbonyl (C=O) groups is 2. The Balaban J connectivity index is 1.98. The summed E-state index contributed by atoms with van der Waals surface area (Å²) in [6.07, 6.45) is 7.19. The lowest BCUT2D eigenvalue weighted by atomic mass is 9.75. The third-order valence-corrected chi connectivity index (χ3v) is 6.66. The van der Waals surface area contributed by atoms with Crippen LogP contribution in [-0.2, 0) is 14.3 Å². The first-order chi connectivity index (χ1) is 13.6. The van der Waals surface area contributed by atoms with Crippen LogP contribution >= 0.6 is 11.3 Å². The van der Waals surface area contributed by atoms with Crippen LogP contribution in [0.15, 0.2) is 23.6 Å². The van der Waals surface area contributed by atoms with Gasteiger partial charge in [0.2, 0.25) is 0 Å². The monoisotopic (exact) mass is 418 g/mol. The van der Waals surface area contributed by atoms with Crippen LogP contribution in [0.4, 0.5) is 0 Å². The number of ether oxygens (including phenoxy) is 2. The Kier molecular flexibility index (Phi) is 7.87. The number of hydrogen-bond acceptors (Lipinski definition) is 5. The van der Waals surface area contributed by atoms with E-state index in [2.05, 4.69) is 19.6 Å². The average molecular weight is 419 g/mol. The van der Waals surface area contributed by atoms with Gasteiger partial charge in [-0.1, -0.05) is 12.7 Å². The second kappa shape index (κ2) is 9.75.